The number of carbonyl (C=O) groups excluding carboxylic acids is 2. The van der Waals surface area contributed by atoms with E-state index in [1.165, 1.54) is 6.26 Å². The maximum atomic E-state index is 12.4. The average molecular weight is 424 g/mol. The predicted octanol–water partition coefficient (Wildman–Crippen LogP) is 3.25. The Labute approximate surface area is 181 Å². The average Bonchev–Trinajstić information content (AvgIpc) is 3.41. The minimum atomic E-state index is -0.0547. The number of anilines is 1. The lowest BCUT2D eigenvalue weighted by Crippen LogP contribution is -2.48. The molecule has 1 fully saturated rings. The minimum absolute atomic E-state index is 0.0410. The number of imidazole rings is 1. The molecule has 8 heteroatoms. The van der Waals surface area contributed by atoms with Gasteiger partial charge in [0.1, 0.15) is 5.82 Å². The SMILES string of the molecule is CCCCC(=O)Nc1ccc2c(c1)nc(CN1CCN(C(=O)c3ccco3)CC1)n2C. The van der Waals surface area contributed by atoms with Gasteiger partial charge in [-0.2, -0.15) is 0 Å². The summed E-state index contributed by atoms with van der Waals surface area (Å²) in [6.45, 7) is 5.69. The number of hydrogen-bond donors (Lipinski definition) is 1. The number of carbonyl (C=O) groups is 2. The number of piperazine rings is 1. The first-order valence-electron chi connectivity index (χ1n) is 10.9. The molecule has 2 amide bonds. The van der Waals surface area contributed by atoms with Crippen molar-refractivity contribution >= 4 is 28.5 Å². The van der Waals surface area contributed by atoms with Crippen molar-refractivity contribution < 1.29 is 14.0 Å². The molecule has 1 N–H and O–H groups in total. The molecule has 0 atom stereocenters. The van der Waals surface area contributed by atoms with Crippen molar-refractivity contribution in [2.45, 2.75) is 32.7 Å². The number of aromatic nitrogens is 2. The summed E-state index contributed by atoms with van der Waals surface area (Å²) in [7, 11) is 2.01. The molecule has 0 radical (unpaired) electrons. The highest BCUT2D eigenvalue weighted by atomic mass is 16.3. The van der Waals surface area contributed by atoms with Crippen LogP contribution in [0.1, 0.15) is 42.6 Å². The van der Waals surface area contributed by atoms with Crippen molar-refractivity contribution in [3.05, 3.63) is 48.2 Å². The molecule has 0 unspecified atom stereocenters. The van der Waals surface area contributed by atoms with Gasteiger partial charge in [-0.15, -0.1) is 0 Å². The number of fused-ring (bicyclic) bond motifs is 1. The van der Waals surface area contributed by atoms with E-state index in [0.717, 1.165) is 48.5 Å². The van der Waals surface area contributed by atoms with Gasteiger partial charge in [0.25, 0.3) is 5.91 Å². The largest absolute Gasteiger partial charge is 0.459 e. The monoisotopic (exact) mass is 423 g/mol. The normalized spacial score (nSPS) is 14.8. The maximum absolute atomic E-state index is 12.4. The highest BCUT2D eigenvalue weighted by Crippen LogP contribution is 2.21. The fraction of sp³-hybridized carbons (Fsp3) is 0.435. The van der Waals surface area contributed by atoms with Gasteiger partial charge in [0.2, 0.25) is 5.91 Å². The van der Waals surface area contributed by atoms with Crippen LogP contribution < -0.4 is 5.32 Å². The third kappa shape index (κ3) is 4.80. The molecule has 1 aliphatic rings. The summed E-state index contributed by atoms with van der Waals surface area (Å²) < 4.78 is 7.32. The number of amides is 2. The minimum Gasteiger partial charge on any atom is -0.459 e. The van der Waals surface area contributed by atoms with E-state index in [-0.39, 0.29) is 11.8 Å². The van der Waals surface area contributed by atoms with E-state index < -0.39 is 0 Å². The van der Waals surface area contributed by atoms with Crippen molar-refractivity contribution in [3.63, 3.8) is 0 Å². The lowest BCUT2D eigenvalue weighted by atomic mass is 10.2. The van der Waals surface area contributed by atoms with Crippen molar-refractivity contribution in [1.82, 2.24) is 19.4 Å². The highest BCUT2D eigenvalue weighted by Gasteiger charge is 2.24. The van der Waals surface area contributed by atoms with Gasteiger partial charge in [0, 0.05) is 45.3 Å². The first kappa shape index (κ1) is 21.1. The van der Waals surface area contributed by atoms with E-state index in [2.05, 4.69) is 21.7 Å². The molecular weight excluding hydrogens is 394 g/mol. The molecule has 0 bridgehead atoms. The number of nitrogens with zero attached hydrogens (tertiary/aromatic N) is 4. The first-order chi connectivity index (χ1) is 15.0. The van der Waals surface area contributed by atoms with Gasteiger partial charge < -0.3 is 19.2 Å². The van der Waals surface area contributed by atoms with Crippen LogP contribution in [0, 0.1) is 0 Å². The Morgan fingerprint density at radius 3 is 2.68 bits per heavy atom. The smallest absolute Gasteiger partial charge is 0.289 e. The molecule has 4 rings (SSSR count). The molecule has 1 aliphatic heterocycles. The summed E-state index contributed by atoms with van der Waals surface area (Å²) in [5.74, 6) is 1.34. The molecule has 1 aromatic carbocycles. The lowest BCUT2D eigenvalue weighted by molar-refractivity contribution is -0.116. The number of furan rings is 1. The van der Waals surface area contributed by atoms with Gasteiger partial charge in [-0.3, -0.25) is 14.5 Å². The fourth-order valence-corrected chi connectivity index (χ4v) is 3.89. The van der Waals surface area contributed by atoms with Crippen molar-refractivity contribution in [2.75, 3.05) is 31.5 Å². The second kappa shape index (κ2) is 9.34. The van der Waals surface area contributed by atoms with Crippen LogP contribution in [0.15, 0.2) is 41.0 Å². The molecule has 8 nitrogen and oxygen atoms in total. The van der Waals surface area contributed by atoms with Gasteiger partial charge in [0.05, 0.1) is 23.8 Å². The number of unbranched alkanes of at least 4 members (excludes halogenated alkanes) is 1. The Morgan fingerprint density at radius 2 is 1.97 bits per heavy atom. The quantitative estimate of drug-likeness (QED) is 0.631. The Balaban J connectivity index is 1.38. The van der Waals surface area contributed by atoms with Crippen LogP contribution in [0.3, 0.4) is 0 Å². The second-order valence-electron chi connectivity index (χ2n) is 7.99. The standard InChI is InChI=1S/C23H29N5O3/c1-3-4-7-22(29)24-17-8-9-19-18(15-17)25-21(26(19)2)16-27-10-12-28(13-11-27)23(30)20-6-5-14-31-20/h5-6,8-9,14-15H,3-4,7,10-13,16H2,1-2H3,(H,24,29). The molecule has 3 heterocycles. The van der Waals surface area contributed by atoms with E-state index in [9.17, 15) is 9.59 Å². The van der Waals surface area contributed by atoms with Crippen LogP contribution >= 0.6 is 0 Å². The number of aryl methyl sites for hydroxylation is 1. The summed E-state index contributed by atoms with van der Waals surface area (Å²) in [5, 5.41) is 2.96. The molecule has 164 valence electrons. The Kier molecular flexibility index (Phi) is 6.36. The summed E-state index contributed by atoms with van der Waals surface area (Å²) in [6.07, 6.45) is 3.96. The Morgan fingerprint density at radius 1 is 1.16 bits per heavy atom. The Bertz CT molecular complexity index is 1050. The van der Waals surface area contributed by atoms with Crippen molar-refractivity contribution in [2.24, 2.45) is 7.05 Å². The zero-order valence-electron chi connectivity index (χ0n) is 18.1. The van der Waals surface area contributed by atoms with Gasteiger partial charge >= 0.3 is 0 Å². The van der Waals surface area contributed by atoms with Gasteiger partial charge in [-0.25, -0.2) is 4.98 Å². The fourth-order valence-electron chi connectivity index (χ4n) is 3.89. The summed E-state index contributed by atoms with van der Waals surface area (Å²) in [6, 6.07) is 9.30. The number of hydrogen-bond acceptors (Lipinski definition) is 5. The van der Waals surface area contributed by atoms with Crippen LogP contribution in [0.5, 0.6) is 0 Å². The maximum Gasteiger partial charge on any atom is 0.289 e. The molecule has 1 saturated heterocycles. The third-order valence-electron chi connectivity index (χ3n) is 5.77. The van der Waals surface area contributed by atoms with E-state index in [4.69, 9.17) is 9.40 Å². The Hall–Kier alpha value is -3.13. The van der Waals surface area contributed by atoms with Crippen LogP contribution in [0.4, 0.5) is 5.69 Å². The molecule has 0 aliphatic carbocycles. The second-order valence-corrected chi connectivity index (χ2v) is 7.99. The van der Waals surface area contributed by atoms with Gasteiger partial charge in [-0.1, -0.05) is 13.3 Å². The third-order valence-corrected chi connectivity index (χ3v) is 5.77. The lowest BCUT2D eigenvalue weighted by Gasteiger charge is -2.34. The highest BCUT2D eigenvalue weighted by molar-refractivity contribution is 5.93. The molecule has 2 aromatic heterocycles. The summed E-state index contributed by atoms with van der Waals surface area (Å²) in [5.41, 5.74) is 2.69. The zero-order valence-corrected chi connectivity index (χ0v) is 18.1. The number of rotatable bonds is 7. The van der Waals surface area contributed by atoms with E-state index >= 15 is 0 Å². The number of nitrogens with one attached hydrogen (secondary N) is 1. The topological polar surface area (TPSA) is 83.6 Å². The molecule has 31 heavy (non-hydrogen) atoms. The predicted molar refractivity (Wildman–Crippen MR) is 119 cm³/mol. The van der Waals surface area contributed by atoms with Crippen LogP contribution in [0.25, 0.3) is 11.0 Å². The van der Waals surface area contributed by atoms with Gasteiger partial charge in [0.15, 0.2) is 5.76 Å². The van der Waals surface area contributed by atoms with Crippen molar-refractivity contribution in [3.8, 4) is 0 Å². The van der Waals surface area contributed by atoms with Crippen LogP contribution in [-0.2, 0) is 18.4 Å². The zero-order chi connectivity index (χ0) is 21.8. The summed E-state index contributed by atoms with van der Waals surface area (Å²) >= 11 is 0. The first-order valence-corrected chi connectivity index (χ1v) is 10.9. The van der Waals surface area contributed by atoms with Crippen molar-refractivity contribution in [1.29, 1.82) is 0 Å². The van der Waals surface area contributed by atoms with Crippen LogP contribution in [0.2, 0.25) is 0 Å². The number of benzene rings is 1. The van der Waals surface area contributed by atoms with E-state index in [1.54, 1.807) is 12.1 Å². The van der Waals surface area contributed by atoms with E-state index in [0.29, 0.717) is 31.8 Å². The van der Waals surface area contributed by atoms with E-state index in [1.807, 2.05) is 30.1 Å². The molecule has 3 aromatic rings. The molecular formula is C23H29N5O3. The van der Waals surface area contributed by atoms with Crippen LogP contribution in [-0.4, -0.2) is 57.3 Å². The molecule has 0 saturated carbocycles. The van der Waals surface area contributed by atoms with Gasteiger partial charge in [-0.05, 0) is 36.8 Å². The molecule has 0 spiro atoms. The summed E-state index contributed by atoms with van der Waals surface area (Å²) in [4.78, 5) is 33.4.